The number of methoxy groups -OCH3 is 1. The zero-order valence-electron chi connectivity index (χ0n) is 12.0. The van der Waals surface area contributed by atoms with E-state index in [-0.39, 0.29) is 5.78 Å². The van der Waals surface area contributed by atoms with E-state index in [0.717, 1.165) is 10.6 Å². The summed E-state index contributed by atoms with van der Waals surface area (Å²) in [5.41, 5.74) is 0. The van der Waals surface area contributed by atoms with Crippen molar-refractivity contribution in [2.75, 3.05) is 20.3 Å². The van der Waals surface area contributed by atoms with Crippen LogP contribution < -0.4 is 9.47 Å². The quantitative estimate of drug-likeness (QED) is 0.853. The third-order valence-corrected chi connectivity index (χ3v) is 4.82. The summed E-state index contributed by atoms with van der Waals surface area (Å²) >= 11 is 1.43. The van der Waals surface area contributed by atoms with Crippen LogP contribution in [0.3, 0.4) is 0 Å². The van der Waals surface area contributed by atoms with Gasteiger partial charge in [0.25, 0.3) is 0 Å². The summed E-state index contributed by atoms with van der Waals surface area (Å²) in [7, 11) is 1.62. The van der Waals surface area contributed by atoms with Gasteiger partial charge in [-0.3, -0.25) is 4.79 Å². The summed E-state index contributed by atoms with van der Waals surface area (Å²) in [4.78, 5) is 13.5. The molecule has 0 bridgehead atoms. The predicted molar refractivity (Wildman–Crippen MR) is 78.0 cm³/mol. The molecule has 5 nitrogen and oxygen atoms in total. The number of hydrogen-bond donors (Lipinski definition) is 0. The van der Waals surface area contributed by atoms with Crippen LogP contribution in [0, 0.1) is 0 Å². The molecule has 114 valence electrons. The predicted octanol–water partition coefficient (Wildman–Crippen LogP) is 2.27. The van der Waals surface area contributed by atoms with Crippen molar-refractivity contribution in [2.45, 2.75) is 35.9 Å². The number of rotatable bonds is 3. The van der Waals surface area contributed by atoms with Crippen LogP contribution >= 0.6 is 11.8 Å². The van der Waals surface area contributed by atoms with Crippen LogP contribution in [0.15, 0.2) is 23.1 Å². The molecule has 0 saturated carbocycles. The summed E-state index contributed by atoms with van der Waals surface area (Å²) < 4.78 is 22.2. The lowest BCUT2D eigenvalue weighted by molar-refractivity contribution is -0.132. The molecule has 1 aromatic carbocycles. The first kappa shape index (κ1) is 14.7. The highest BCUT2D eigenvalue weighted by Gasteiger charge is 2.40. The second kappa shape index (κ2) is 6.25. The van der Waals surface area contributed by atoms with Crippen molar-refractivity contribution < 1.29 is 23.7 Å². The molecule has 0 amide bonds. The molecule has 1 aromatic rings. The molecule has 2 atom stereocenters. The van der Waals surface area contributed by atoms with E-state index >= 15 is 0 Å². The van der Waals surface area contributed by atoms with Gasteiger partial charge in [0.05, 0.1) is 25.2 Å². The highest BCUT2D eigenvalue weighted by molar-refractivity contribution is 8.00. The van der Waals surface area contributed by atoms with Crippen LogP contribution in [0.1, 0.15) is 13.3 Å². The van der Waals surface area contributed by atoms with Gasteiger partial charge in [0, 0.05) is 0 Å². The van der Waals surface area contributed by atoms with Gasteiger partial charge < -0.3 is 18.9 Å². The van der Waals surface area contributed by atoms with Gasteiger partial charge in [0.1, 0.15) is 16.7 Å². The first-order chi connectivity index (χ1) is 10.2. The van der Waals surface area contributed by atoms with E-state index in [9.17, 15) is 4.79 Å². The summed E-state index contributed by atoms with van der Waals surface area (Å²) in [5.74, 6) is 1.46. The third kappa shape index (κ3) is 2.88. The van der Waals surface area contributed by atoms with Gasteiger partial charge in [0.2, 0.25) is 0 Å². The summed E-state index contributed by atoms with van der Waals surface area (Å²) in [5, 5.41) is -0.411. The topological polar surface area (TPSA) is 54.0 Å². The highest BCUT2D eigenvalue weighted by Crippen LogP contribution is 2.41. The maximum atomic E-state index is 12.6. The van der Waals surface area contributed by atoms with Crippen LogP contribution in [0.25, 0.3) is 0 Å². The van der Waals surface area contributed by atoms with Gasteiger partial charge in [-0.25, -0.2) is 0 Å². The van der Waals surface area contributed by atoms with Gasteiger partial charge in [-0.1, -0.05) is 6.92 Å². The van der Waals surface area contributed by atoms with Gasteiger partial charge >= 0.3 is 0 Å². The fourth-order valence-electron chi connectivity index (χ4n) is 2.42. The Morgan fingerprint density at radius 1 is 1.33 bits per heavy atom. The van der Waals surface area contributed by atoms with Gasteiger partial charge in [-0.15, -0.1) is 11.8 Å². The molecule has 2 aliphatic rings. The SMILES string of the molecule is CCC1Oc2ccc(OC)cc2SC(C2OCCO2)C1=O. The zero-order valence-corrected chi connectivity index (χ0v) is 12.9. The molecule has 0 radical (unpaired) electrons. The van der Waals surface area contributed by atoms with E-state index in [2.05, 4.69) is 0 Å². The Labute approximate surface area is 127 Å². The molecule has 1 saturated heterocycles. The first-order valence-electron chi connectivity index (χ1n) is 7.01. The highest BCUT2D eigenvalue weighted by atomic mass is 32.2. The number of thioether (sulfide) groups is 1. The maximum absolute atomic E-state index is 12.6. The third-order valence-electron chi connectivity index (χ3n) is 3.54. The number of ketones is 1. The summed E-state index contributed by atoms with van der Waals surface area (Å²) in [6.45, 7) is 2.99. The Hall–Kier alpha value is -1.24. The lowest BCUT2D eigenvalue weighted by atomic mass is 10.1. The largest absolute Gasteiger partial charge is 0.497 e. The Morgan fingerprint density at radius 3 is 2.76 bits per heavy atom. The molecule has 3 rings (SSSR count). The molecule has 0 aliphatic carbocycles. The minimum absolute atomic E-state index is 0.0181. The van der Waals surface area contributed by atoms with Gasteiger partial charge in [-0.05, 0) is 24.6 Å². The average Bonchev–Trinajstić information content (AvgIpc) is 3.00. The van der Waals surface area contributed by atoms with Crippen LogP contribution in [-0.2, 0) is 14.3 Å². The number of carbonyl (C=O) groups is 1. The molecule has 2 aliphatic heterocycles. The number of ether oxygens (including phenoxy) is 4. The maximum Gasteiger partial charge on any atom is 0.191 e. The van der Waals surface area contributed by atoms with Crippen molar-refractivity contribution >= 4 is 17.5 Å². The summed E-state index contributed by atoms with van der Waals surface area (Å²) in [6, 6.07) is 5.56. The minimum atomic E-state index is -0.502. The molecule has 1 fully saturated rings. The minimum Gasteiger partial charge on any atom is -0.497 e. The lowest BCUT2D eigenvalue weighted by Crippen LogP contribution is -2.39. The molecule has 21 heavy (non-hydrogen) atoms. The lowest BCUT2D eigenvalue weighted by Gasteiger charge is -2.21. The second-order valence-corrected chi connectivity index (χ2v) is 6.06. The zero-order chi connectivity index (χ0) is 14.8. The van der Waals surface area contributed by atoms with E-state index < -0.39 is 17.6 Å². The van der Waals surface area contributed by atoms with Gasteiger partial charge in [-0.2, -0.15) is 0 Å². The molecule has 0 spiro atoms. The first-order valence-corrected chi connectivity index (χ1v) is 7.89. The normalized spacial score (nSPS) is 26.1. The summed E-state index contributed by atoms with van der Waals surface area (Å²) in [6.07, 6.45) is -0.351. The number of hydrogen-bond acceptors (Lipinski definition) is 6. The van der Waals surface area contributed by atoms with Crippen molar-refractivity contribution in [3.05, 3.63) is 18.2 Å². The van der Waals surface area contributed by atoms with Crippen molar-refractivity contribution in [1.29, 1.82) is 0 Å². The molecular weight excluding hydrogens is 292 g/mol. The Bertz CT molecular complexity index is 527. The van der Waals surface area contributed by atoms with E-state index in [0.29, 0.717) is 25.4 Å². The van der Waals surface area contributed by atoms with Crippen molar-refractivity contribution in [3.8, 4) is 11.5 Å². The molecule has 0 aromatic heterocycles. The number of benzene rings is 1. The fraction of sp³-hybridized carbons (Fsp3) is 0.533. The van der Waals surface area contributed by atoms with Crippen LogP contribution in [0.4, 0.5) is 0 Å². The molecule has 2 unspecified atom stereocenters. The number of Topliss-reactive ketones (excluding diaryl/α,β-unsaturated/α-hetero) is 1. The van der Waals surface area contributed by atoms with Crippen LogP contribution in [0.2, 0.25) is 0 Å². The average molecular weight is 310 g/mol. The Balaban J connectivity index is 1.95. The molecule has 0 N–H and O–H groups in total. The number of fused-ring (bicyclic) bond motifs is 1. The standard InChI is InChI=1S/C15H18O5S/c1-3-10-13(16)14(15-18-6-7-19-15)21-12-8-9(17-2)4-5-11(12)20-10/h4-5,8,10,14-15H,3,6-7H2,1-2H3. The van der Waals surface area contributed by atoms with E-state index in [1.165, 1.54) is 11.8 Å². The number of carbonyl (C=O) groups excluding carboxylic acids is 1. The van der Waals surface area contributed by atoms with Gasteiger partial charge in [0.15, 0.2) is 18.2 Å². The van der Waals surface area contributed by atoms with Crippen molar-refractivity contribution in [2.24, 2.45) is 0 Å². The second-order valence-electron chi connectivity index (χ2n) is 4.88. The van der Waals surface area contributed by atoms with E-state index in [4.69, 9.17) is 18.9 Å². The fourth-order valence-corrected chi connectivity index (χ4v) is 3.65. The van der Waals surface area contributed by atoms with Crippen molar-refractivity contribution in [3.63, 3.8) is 0 Å². The van der Waals surface area contributed by atoms with Crippen LogP contribution in [-0.4, -0.2) is 43.8 Å². The van der Waals surface area contributed by atoms with E-state index in [1.54, 1.807) is 7.11 Å². The Morgan fingerprint density at radius 2 is 2.10 bits per heavy atom. The van der Waals surface area contributed by atoms with E-state index in [1.807, 2.05) is 25.1 Å². The molecule has 2 heterocycles. The Kier molecular flexibility index (Phi) is 4.37. The molecular formula is C15H18O5S. The van der Waals surface area contributed by atoms with Crippen molar-refractivity contribution in [1.82, 2.24) is 0 Å². The smallest absolute Gasteiger partial charge is 0.191 e. The monoisotopic (exact) mass is 310 g/mol. The molecule has 6 heteroatoms. The van der Waals surface area contributed by atoms with Crippen LogP contribution in [0.5, 0.6) is 11.5 Å².